The molecule has 7 nitrogen and oxygen atoms in total. The fraction of sp³-hybridized carbons (Fsp3) is 0.312. The molecule has 0 saturated carbocycles. The second-order valence-electron chi connectivity index (χ2n) is 10.3. The van der Waals surface area contributed by atoms with Gasteiger partial charge >= 0.3 is 0 Å². The number of allylic oxidation sites excluding steroid dienone is 3. The maximum atomic E-state index is 6.57. The SMILES string of the molecule is C1=C2CCC3(COc4ccccc4NCNC2=CCC1)COc1ccccc1NCNc1ccccc1OC3. The summed E-state index contributed by atoms with van der Waals surface area (Å²) in [4.78, 5) is 0. The highest BCUT2D eigenvalue weighted by molar-refractivity contribution is 5.60. The van der Waals surface area contributed by atoms with E-state index in [4.69, 9.17) is 14.2 Å². The van der Waals surface area contributed by atoms with Crippen molar-refractivity contribution in [2.45, 2.75) is 25.7 Å². The van der Waals surface area contributed by atoms with Gasteiger partial charge in [0.1, 0.15) is 37.1 Å². The van der Waals surface area contributed by atoms with E-state index in [0.717, 1.165) is 60.0 Å². The number of anilines is 3. The topological polar surface area (TPSA) is 75.8 Å². The van der Waals surface area contributed by atoms with Gasteiger partial charge in [0.25, 0.3) is 0 Å². The van der Waals surface area contributed by atoms with Crippen LogP contribution in [0.5, 0.6) is 17.2 Å². The summed E-state index contributed by atoms with van der Waals surface area (Å²) in [6, 6.07) is 24.3. The van der Waals surface area contributed by atoms with E-state index in [-0.39, 0.29) is 0 Å². The average Bonchev–Trinajstić information content (AvgIpc) is 2.97. The lowest BCUT2D eigenvalue weighted by atomic mass is 9.82. The van der Waals surface area contributed by atoms with Crippen LogP contribution in [0.2, 0.25) is 0 Å². The Morgan fingerprint density at radius 2 is 1.00 bits per heavy atom. The normalized spacial score (nSPS) is 18.8. The number of nitrogens with one attached hydrogen (secondary N) is 4. The summed E-state index contributed by atoms with van der Waals surface area (Å²) >= 11 is 0. The minimum absolute atomic E-state index is 0.422. The number of fused-ring (bicyclic) bond motifs is 4. The van der Waals surface area contributed by atoms with Crippen LogP contribution >= 0.6 is 0 Å². The Kier molecular flexibility index (Phi) is 7.47. The Labute approximate surface area is 230 Å². The summed E-state index contributed by atoms with van der Waals surface area (Å²) in [7, 11) is 0. The monoisotopic (exact) mass is 524 g/mol. The first kappa shape index (κ1) is 25.0. The van der Waals surface area contributed by atoms with Gasteiger partial charge in [0.2, 0.25) is 0 Å². The van der Waals surface area contributed by atoms with Gasteiger partial charge in [-0.1, -0.05) is 48.6 Å². The van der Waals surface area contributed by atoms with Gasteiger partial charge in [0, 0.05) is 5.70 Å². The minimum Gasteiger partial charge on any atom is -0.491 e. The van der Waals surface area contributed by atoms with Crippen molar-refractivity contribution in [2.24, 2.45) is 5.41 Å². The molecule has 7 heteroatoms. The van der Waals surface area contributed by atoms with Crippen LogP contribution in [0.3, 0.4) is 0 Å². The van der Waals surface area contributed by atoms with Gasteiger partial charge in [-0.15, -0.1) is 0 Å². The molecule has 1 spiro atoms. The van der Waals surface area contributed by atoms with E-state index in [1.54, 1.807) is 0 Å². The molecule has 6 rings (SSSR count). The van der Waals surface area contributed by atoms with E-state index in [9.17, 15) is 0 Å². The Bertz CT molecular complexity index is 1300. The third-order valence-electron chi connectivity index (χ3n) is 7.55. The zero-order chi connectivity index (χ0) is 26.3. The molecule has 3 aromatic carbocycles. The average molecular weight is 525 g/mol. The number of hydrogen-bond donors (Lipinski definition) is 4. The highest BCUT2D eigenvalue weighted by atomic mass is 16.5. The molecular weight excluding hydrogens is 488 g/mol. The first-order chi connectivity index (χ1) is 19.3. The van der Waals surface area contributed by atoms with Crippen LogP contribution in [0, 0.1) is 5.41 Å². The highest BCUT2D eigenvalue weighted by Gasteiger charge is 2.35. The molecule has 0 atom stereocenters. The third-order valence-corrected chi connectivity index (χ3v) is 7.55. The third kappa shape index (κ3) is 5.93. The molecule has 1 aliphatic carbocycles. The van der Waals surface area contributed by atoms with Gasteiger partial charge in [0.05, 0.1) is 35.8 Å². The lowest BCUT2D eigenvalue weighted by molar-refractivity contribution is 0.0263. The smallest absolute Gasteiger partial charge is 0.142 e. The van der Waals surface area contributed by atoms with Crippen molar-refractivity contribution >= 4 is 17.1 Å². The number of hydrogen-bond acceptors (Lipinski definition) is 7. The van der Waals surface area contributed by atoms with Crippen LogP contribution < -0.4 is 35.5 Å². The molecule has 0 saturated heterocycles. The fourth-order valence-electron chi connectivity index (χ4n) is 5.27. The first-order valence-electron chi connectivity index (χ1n) is 13.8. The second kappa shape index (κ2) is 11.6. The lowest BCUT2D eigenvalue weighted by Gasteiger charge is -2.35. The molecule has 0 bridgehead atoms. The molecule has 0 amide bonds. The predicted octanol–water partition coefficient (Wildman–Crippen LogP) is 6.36. The fourth-order valence-corrected chi connectivity index (χ4v) is 5.27. The molecule has 2 aliphatic heterocycles. The van der Waals surface area contributed by atoms with Crippen molar-refractivity contribution in [1.29, 1.82) is 0 Å². The number of ether oxygens (including phenoxy) is 3. The van der Waals surface area contributed by atoms with E-state index >= 15 is 0 Å². The van der Waals surface area contributed by atoms with E-state index in [2.05, 4.69) is 39.5 Å². The maximum Gasteiger partial charge on any atom is 0.142 e. The zero-order valence-electron chi connectivity index (χ0n) is 22.2. The van der Waals surface area contributed by atoms with Crippen LogP contribution in [-0.2, 0) is 0 Å². The predicted molar refractivity (Wildman–Crippen MR) is 157 cm³/mol. The molecule has 0 radical (unpaired) electrons. The summed E-state index contributed by atoms with van der Waals surface area (Å²) in [5.74, 6) is 2.46. The van der Waals surface area contributed by atoms with Crippen LogP contribution in [0.15, 0.2) is 96.2 Å². The first-order valence-corrected chi connectivity index (χ1v) is 13.8. The number of para-hydroxylation sites is 6. The van der Waals surface area contributed by atoms with Crippen molar-refractivity contribution in [3.63, 3.8) is 0 Å². The van der Waals surface area contributed by atoms with Crippen molar-refractivity contribution in [3.8, 4) is 17.2 Å². The Morgan fingerprint density at radius 3 is 1.54 bits per heavy atom. The quantitative estimate of drug-likeness (QED) is 0.273. The second-order valence-corrected chi connectivity index (χ2v) is 10.3. The molecule has 2 heterocycles. The standard InChI is InChI=1S/C32H36N4O3/c1-2-10-25-24(9-1)17-18-32(19-37-29-14-6-3-11-26(29)34-22-33-25)20-38-30-15-7-4-12-27(30)35-23-36-28-13-5-8-16-31(28)39-21-32/h3-16,33-36H,1-2,17-23H2. The van der Waals surface area contributed by atoms with Crippen molar-refractivity contribution in [1.82, 2.24) is 5.32 Å². The molecule has 0 aromatic heterocycles. The Morgan fingerprint density at radius 1 is 0.538 bits per heavy atom. The van der Waals surface area contributed by atoms with Crippen LogP contribution in [0.25, 0.3) is 0 Å². The Hall–Kier alpha value is -4.26. The number of rotatable bonds is 0. The molecule has 202 valence electrons. The molecular formula is C32H36N4O3. The van der Waals surface area contributed by atoms with Gasteiger partial charge < -0.3 is 35.5 Å². The summed E-state index contributed by atoms with van der Waals surface area (Å²) in [5, 5.41) is 14.0. The van der Waals surface area contributed by atoms with Crippen molar-refractivity contribution < 1.29 is 14.2 Å². The summed E-state index contributed by atoms with van der Waals surface area (Å²) < 4.78 is 19.7. The van der Waals surface area contributed by atoms with Gasteiger partial charge in [-0.25, -0.2) is 0 Å². The van der Waals surface area contributed by atoms with Crippen LogP contribution in [-0.4, -0.2) is 33.2 Å². The van der Waals surface area contributed by atoms with E-state index in [0.29, 0.717) is 33.2 Å². The summed E-state index contributed by atoms with van der Waals surface area (Å²) in [6.45, 7) is 2.55. The van der Waals surface area contributed by atoms with Gasteiger partial charge in [0.15, 0.2) is 0 Å². The van der Waals surface area contributed by atoms with Crippen molar-refractivity contribution in [3.05, 3.63) is 96.2 Å². The maximum absolute atomic E-state index is 6.57. The molecule has 3 aliphatic rings. The minimum atomic E-state index is -0.422. The molecule has 39 heavy (non-hydrogen) atoms. The van der Waals surface area contributed by atoms with Crippen LogP contribution in [0.1, 0.15) is 25.7 Å². The van der Waals surface area contributed by atoms with Crippen LogP contribution in [0.4, 0.5) is 17.1 Å². The van der Waals surface area contributed by atoms with Gasteiger partial charge in [-0.3, -0.25) is 0 Å². The summed E-state index contributed by atoms with van der Waals surface area (Å²) in [5.41, 5.74) is 4.99. The van der Waals surface area contributed by atoms with Gasteiger partial charge in [-0.05, 0) is 67.7 Å². The lowest BCUT2D eigenvalue weighted by Crippen LogP contribution is -2.41. The molecule has 4 N–H and O–H groups in total. The Balaban J connectivity index is 1.38. The van der Waals surface area contributed by atoms with E-state index < -0.39 is 5.41 Å². The van der Waals surface area contributed by atoms with E-state index in [1.165, 1.54) is 11.3 Å². The highest BCUT2D eigenvalue weighted by Crippen LogP contribution is 2.37. The largest absolute Gasteiger partial charge is 0.491 e. The number of benzene rings is 3. The zero-order valence-corrected chi connectivity index (χ0v) is 22.2. The molecule has 0 fully saturated rings. The summed E-state index contributed by atoms with van der Waals surface area (Å²) in [6.07, 6.45) is 8.54. The van der Waals surface area contributed by atoms with Crippen molar-refractivity contribution in [2.75, 3.05) is 49.1 Å². The van der Waals surface area contributed by atoms with Gasteiger partial charge in [-0.2, -0.15) is 0 Å². The van der Waals surface area contributed by atoms with E-state index in [1.807, 2.05) is 66.7 Å². The molecule has 0 unspecified atom stereocenters. The molecule has 3 aromatic rings.